The topological polar surface area (TPSA) is 36.9 Å². The van der Waals surface area contributed by atoms with Crippen molar-refractivity contribution in [1.29, 1.82) is 0 Å². The van der Waals surface area contributed by atoms with E-state index in [1.807, 2.05) is 24.3 Å². The maximum atomic E-state index is 5.47. The summed E-state index contributed by atoms with van der Waals surface area (Å²) in [6.45, 7) is 0. The molecule has 5 rings (SSSR count). The van der Waals surface area contributed by atoms with Gasteiger partial charge in [-0.1, -0.05) is 48.5 Å². The number of hydrogen-bond donors (Lipinski definition) is 0. The molecule has 0 amide bonds. The lowest BCUT2D eigenvalue weighted by atomic mass is 9.55. The van der Waals surface area contributed by atoms with E-state index >= 15 is 0 Å². The van der Waals surface area contributed by atoms with Crippen LogP contribution >= 0.6 is 0 Å². The molecular formula is C33H32O4. The van der Waals surface area contributed by atoms with Crippen LogP contribution in [-0.2, 0) is 5.41 Å². The molecule has 4 heteroatoms. The Morgan fingerprint density at radius 1 is 0.486 bits per heavy atom. The van der Waals surface area contributed by atoms with E-state index in [0.717, 1.165) is 47.0 Å². The lowest BCUT2D eigenvalue weighted by Gasteiger charge is -2.48. The van der Waals surface area contributed by atoms with Crippen molar-refractivity contribution in [3.8, 4) is 23.0 Å². The van der Waals surface area contributed by atoms with E-state index in [9.17, 15) is 0 Å². The average molecular weight is 493 g/mol. The average Bonchev–Trinajstić information content (AvgIpc) is 2.96. The highest BCUT2D eigenvalue weighted by molar-refractivity contribution is 5.86. The first kappa shape index (κ1) is 24.5. The van der Waals surface area contributed by atoms with Gasteiger partial charge in [0.1, 0.15) is 23.0 Å². The van der Waals surface area contributed by atoms with Gasteiger partial charge in [-0.2, -0.15) is 0 Å². The Bertz CT molecular complexity index is 1270. The minimum atomic E-state index is -0.270. The minimum Gasteiger partial charge on any atom is -0.497 e. The Morgan fingerprint density at radius 3 is 1.08 bits per heavy atom. The van der Waals surface area contributed by atoms with Crippen LogP contribution < -0.4 is 18.9 Å². The van der Waals surface area contributed by atoms with Crippen LogP contribution in [0, 0.1) is 0 Å². The Balaban J connectivity index is 1.77. The van der Waals surface area contributed by atoms with Crippen molar-refractivity contribution in [2.75, 3.05) is 28.4 Å². The lowest BCUT2D eigenvalue weighted by Crippen LogP contribution is -2.39. The van der Waals surface area contributed by atoms with E-state index in [1.165, 1.54) is 22.3 Å². The molecule has 0 saturated heterocycles. The summed E-state index contributed by atoms with van der Waals surface area (Å²) in [5, 5.41) is 0. The number of rotatable bonds is 8. The summed E-state index contributed by atoms with van der Waals surface area (Å²) in [5.41, 5.74) is 7.17. The van der Waals surface area contributed by atoms with Crippen molar-refractivity contribution >= 4 is 5.57 Å². The third kappa shape index (κ3) is 4.44. The van der Waals surface area contributed by atoms with Crippen molar-refractivity contribution in [2.24, 2.45) is 0 Å². The fourth-order valence-corrected chi connectivity index (χ4v) is 5.42. The minimum absolute atomic E-state index is 0.270. The molecule has 0 bridgehead atoms. The number of allylic oxidation sites excluding steroid dienone is 1. The molecule has 0 atom stereocenters. The first-order valence-electron chi connectivity index (χ1n) is 12.4. The van der Waals surface area contributed by atoms with Crippen molar-refractivity contribution in [1.82, 2.24) is 0 Å². The molecular weight excluding hydrogens is 460 g/mol. The normalized spacial score (nSPS) is 13.9. The quantitative estimate of drug-likeness (QED) is 0.259. The molecule has 1 saturated carbocycles. The second-order valence-electron chi connectivity index (χ2n) is 9.17. The summed E-state index contributed by atoms with van der Waals surface area (Å²) in [5.74, 6) is 3.38. The molecule has 4 aromatic rings. The molecule has 0 heterocycles. The highest BCUT2D eigenvalue weighted by Gasteiger charge is 2.47. The van der Waals surface area contributed by atoms with Crippen LogP contribution in [0.5, 0.6) is 23.0 Å². The van der Waals surface area contributed by atoms with Gasteiger partial charge in [-0.15, -0.1) is 0 Å². The van der Waals surface area contributed by atoms with Crippen molar-refractivity contribution in [2.45, 2.75) is 18.3 Å². The molecule has 37 heavy (non-hydrogen) atoms. The van der Waals surface area contributed by atoms with E-state index in [0.29, 0.717) is 0 Å². The predicted molar refractivity (Wildman–Crippen MR) is 148 cm³/mol. The number of ether oxygens (including phenoxy) is 4. The fraction of sp³-hybridized carbons (Fsp3) is 0.212. The van der Waals surface area contributed by atoms with Gasteiger partial charge < -0.3 is 18.9 Å². The zero-order valence-electron chi connectivity index (χ0n) is 21.8. The van der Waals surface area contributed by atoms with E-state index in [4.69, 9.17) is 18.9 Å². The van der Waals surface area contributed by atoms with Crippen LogP contribution in [0.1, 0.15) is 35.1 Å². The van der Waals surface area contributed by atoms with E-state index in [2.05, 4.69) is 72.8 Å². The maximum Gasteiger partial charge on any atom is 0.118 e. The van der Waals surface area contributed by atoms with E-state index in [-0.39, 0.29) is 5.41 Å². The molecule has 0 aliphatic heterocycles. The summed E-state index contributed by atoms with van der Waals surface area (Å²) in [7, 11) is 6.80. The largest absolute Gasteiger partial charge is 0.497 e. The van der Waals surface area contributed by atoms with Gasteiger partial charge in [-0.3, -0.25) is 0 Å². The first-order valence-corrected chi connectivity index (χ1v) is 12.4. The Labute approximate surface area is 219 Å². The molecule has 0 radical (unpaired) electrons. The van der Waals surface area contributed by atoms with Gasteiger partial charge in [0.15, 0.2) is 0 Å². The summed E-state index contributed by atoms with van der Waals surface area (Å²) in [6, 6.07) is 33.7. The predicted octanol–water partition coefficient (Wildman–Crippen LogP) is 7.30. The summed E-state index contributed by atoms with van der Waals surface area (Å²) >= 11 is 0. The smallest absolute Gasteiger partial charge is 0.118 e. The third-order valence-electron chi connectivity index (χ3n) is 7.49. The first-order chi connectivity index (χ1) is 18.1. The number of hydrogen-bond acceptors (Lipinski definition) is 4. The maximum absolute atomic E-state index is 5.47. The molecule has 0 unspecified atom stereocenters. The van der Waals surface area contributed by atoms with Crippen LogP contribution in [0.25, 0.3) is 5.57 Å². The summed E-state index contributed by atoms with van der Waals surface area (Å²) < 4.78 is 21.9. The van der Waals surface area contributed by atoms with E-state index < -0.39 is 0 Å². The molecule has 1 fully saturated rings. The van der Waals surface area contributed by atoms with Crippen LogP contribution in [0.3, 0.4) is 0 Å². The van der Waals surface area contributed by atoms with Crippen LogP contribution in [0.2, 0.25) is 0 Å². The van der Waals surface area contributed by atoms with Gasteiger partial charge in [0.05, 0.1) is 28.4 Å². The monoisotopic (exact) mass is 492 g/mol. The van der Waals surface area contributed by atoms with Crippen LogP contribution in [0.4, 0.5) is 0 Å². The second-order valence-corrected chi connectivity index (χ2v) is 9.17. The van der Waals surface area contributed by atoms with Crippen molar-refractivity contribution in [3.63, 3.8) is 0 Å². The van der Waals surface area contributed by atoms with Crippen molar-refractivity contribution < 1.29 is 18.9 Å². The fourth-order valence-electron chi connectivity index (χ4n) is 5.42. The zero-order chi connectivity index (χ0) is 25.8. The van der Waals surface area contributed by atoms with Gasteiger partial charge in [-0.25, -0.2) is 0 Å². The number of methoxy groups -OCH3 is 4. The molecule has 0 aromatic heterocycles. The van der Waals surface area contributed by atoms with Gasteiger partial charge >= 0.3 is 0 Å². The van der Waals surface area contributed by atoms with Gasteiger partial charge in [0.2, 0.25) is 0 Å². The summed E-state index contributed by atoms with van der Waals surface area (Å²) in [4.78, 5) is 0. The van der Waals surface area contributed by atoms with Gasteiger partial charge in [0.25, 0.3) is 0 Å². The summed E-state index contributed by atoms with van der Waals surface area (Å²) in [6.07, 6.45) is 2.00. The second kappa shape index (κ2) is 10.4. The molecule has 188 valence electrons. The molecule has 1 aliphatic rings. The van der Waals surface area contributed by atoms with Crippen molar-refractivity contribution in [3.05, 3.63) is 125 Å². The molecule has 4 aromatic carbocycles. The molecule has 0 N–H and O–H groups in total. The Kier molecular flexibility index (Phi) is 6.91. The highest BCUT2D eigenvalue weighted by atomic mass is 16.5. The molecule has 0 spiro atoms. The zero-order valence-corrected chi connectivity index (χ0v) is 21.8. The van der Waals surface area contributed by atoms with E-state index in [1.54, 1.807) is 28.4 Å². The molecule has 1 aliphatic carbocycles. The number of benzene rings is 4. The van der Waals surface area contributed by atoms with Gasteiger partial charge in [0, 0.05) is 5.41 Å². The van der Waals surface area contributed by atoms with Crippen LogP contribution in [0.15, 0.2) is 103 Å². The Hall–Kier alpha value is -4.18. The lowest BCUT2D eigenvalue weighted by molar-refractivity contribution is 0.408. The third-order valence-corrected chi connectivity index (χ3v) is 7.49. The highest BCUT2D eigenvalue weighted by Crippen LogP contribution is 2.57. The standard InChI is InChI=1S/C33H32O4/c1-34-27-13-5-23(6-14-27)32(24-7-15-28(35-2)16-8-24)31-21-22-33(31,25-9-17-29(36-3)18-10-25)26-11-19-30(37-4)20-12-26/h5-20H,21-22H2,1-4H3. The van der Waals surface area contributed by atoms with Crippen LogP contribution in [-0.4, -0.2) is 28.4 Å². The van der Waals surface area contributed by atoms with Gasteiger partial charge in [-0.05, 0) is 94.8 Å². The Morgan fingerprint density at radius 2 is 0.811 bits per heavy atom. The SMILES string of the molecule is COc1ccc(C(=C2CCC2(c2ccc(OC)cc2)c2ccc(OC)cc2)c2ccc(OC)cc2)cc1. The molecule has 4 nitrogen and oxygen atoms in total.